The Labute approximate surface area is 104 Å². The predicted molar refractivity (Wildman–Crippen MR) is 59.7 cm³/mol. The van der Waals surface area contributed by atoms with E-state index in [0.717, 1.165) is 0 Å². The van der Waals surface area contributed by atoms with Crippen LogP contribution < -0.4 is 5.73 Å². The first-order valence-electron chi connectivity index (χ1n) is 4.30. The van der Waals surface area contributed by atoms with Gasteiger partial charge in [-0.05, 0) is 22.6 Å². The highest BCUT2D eigenvalue weighted by Gasteiger charge is 2.27. The van der Waals surface area contributed by atoms with Crippen LogP contribution in [0.4, 0.5) is 19.0 Å². The second-order valence-corrected chi connectivity index (χ2v) is 4.10. The molecule has 0 radical (unpaired) electrons. The van der Waals surface area contributed by atoms with Crippen LogP contribution in [0.25, 0.3) is 0 Å². The molecule has 0 aliphatic heterocycles. The SMILES string of the molecule is Nc1nc(CCOCC(F)(F)F)ncc1I. The normalized spacial score (nSPS) is 11.8. The lowest BCUT2D eigenvalue weighted by molar-refractivity contribution is -0.173. The monoisotopic (exact) mass is 347 g/mol. The first-order chi connectivity index (χ1) is 7.38. The maximum atomic E-state index is 11.7. The average Bonchev–Trinajstić information content (AvgIpc) is 2.17. The highest BCUT2D eigenvalue weighted by atomic mass is 127. The van der Waals surface area contributed by atoms with Gasteiger partial charge in [0.05, 0.1) is 10.2 Å². The highest BCUT2D eigenvalue weighted by molar-refractivity contribution is 14.1. The van der Waals surface area contributed by atoms with Gasteiger partial charge in [-0.25, -0.2) is 9.97 Å². The lowest BCUT2D eigenvalue weighted by Gasteiger charge is -2.07. The number of nitrogens with two attached hydrogens (primary N) is 1. The molecule has 0 amide bonds. The highest BCUT2D eigenvalue weighted by Crippen LogP contribution is 2.14. The van der Waals surface area contributed by atoms with Crippen molar-refractivity contribution in [1.29, 1.82) is 0 Å². The van der Waals surface area contributed by atoms with Crippen molar-refractivity contribution in [1.82, 2.24) is 9.97 Å². The van der Waals surface area contributed by atoms with E-state index < -0.39 is 12.8 Å². The zero-order valence-electron chi connectivity index (χ0n) is 8.09. The molecule has 0 unspecified atom stereocenters. The fourth-order valence-corrected chi connectivity index (χ4v) is 1.15. The molecule has 0 saturated heterocycles. The van der Waals surface area contributed by atoms with Gasteiger partial charge in [0.1, 0.15) is 18.2 Å². The Morgan fingerprint density at radius 1 is 1.44 bits per heavy atom. The van der Waals surface area contributed by atoms with Gasteiger partial charge in [0.15, 0.2) is 0 Å². The van der Waals surface area contributed by atoms with Crippen LogP contribution in [-0.4, -0.2) is 29.4 Å². The van der Waals surface area contributed by atoms with E-state index in [1.54, 1.807) is 0 Å². The fourth-order valence-electron chi connectivity index (χ4n) is 0.890. The van der Waals surface area contributed by atoms with Crippen molar-refractivity contribution in [3.63, 3.8) is 0 Å². The molecular formula is C8H9F3IN3O. The lowest BCUT2D eigenvalue weighted by atomic mass is 10.4. The van der Waals surface area contributed by atoms with Crippen molar-refractivity contribution in [2.75, 3.05) is 18.9 Å². The van der Waals surface area contributed by atoms with Crippen LogP contribution in [0.3, 0.4) is 0 Å². The molecule has 0 aliphatic carbocycles. The van der Waals surface area contributed by atoms with E-state index in [4.69, 9.17) is 5.73 Å². The fraction of sp³-hybridized carbons (Fsp3) is 0.500. The van der Waals surface area contributed by atoms with Crippen molar-refractivity contribution in [3.8, 4) is 0 Å². The van der Waals surface area contributed by atoms with Gasteiger partial charge in [-0.1, -0.05) is 0 Å². The minimum Gasteiger partial charge on any atom is -0.383 e. The summed E-state index contributed by atoms with van der Waals surface area (Å²) in [6.07, 6.45) is -2.58. The van der Waals surface area contributed by atoms with Crippen LogP contribution >= 0.6 is 22.6 Å². The van der Waals surface area contributed by atoms with Gasteiger partial charge in [-0.15, -0.1) is 0 Å². The molecule has 90 valence electrons. The van der Waals surface area contributed by atoms with E-state index >= 15 is 0 Å². The summed E-state index contributed by atoms with van der Waals surface area (Å²) in [4.78, 5) is 7.82. The van der Waals surface area contributed by atoms with Crippen molar-refractivity contribution in [3.05, 3.63) is 15.6 Å². The van der Waals surface area contributed by atoms with E-state index in [-0.39, 0.29) is 13.0 Å². The van der Waals surface area contributed by atoms with Crippen LogP contribution in [0.2, 0.25) is 0 Å². The first-order valence-corrected chi connectivity index (χ1v) is 5.38. The minimum absolute atomic E-state index is 0.0838. The maximum Gasteiger partial charge on any atom is 0.411 e. The summed E-state index contributed by atoms with van der Waals surface area (Å²) >= 11 is 1.97. The van der Waals surface area contributed by atoms with Gasteiger partial charge in [-0.2, -0.15) is 13.2 Å². The Balaban J connectivity index is 2.35. The number of alkyl halides is 3. The van der Waals surface area contributed by atoms with Crippen LogP contribution in [0.5, 0.6) is 0 Å². The summed E-state index contributed by atoms with van der Waals surface area (Å²) in [5.41, 5.74) is 5.51. The smallest absolute Gasteiger partial charge is 0.383 e. The predicted octanol–water partition coefficient (Wildman–Crippen LogP) is 1.78. The van der Waals surface area contributed by atoms with Crippen LogP contribution in [-0.2, 0) is 11.2 Å². The summed E-state index contributed by atoms with van der Waals surface area (Å²) in [6, 6.07) is 0. The summed E-state index contributed by atoms with van der Waals surface area (Å²) < 4.78 is 40.3. The zero-order chi connectivity index (χ0) is 12.2. The third-order valence-electron chi connectivity index (χ3n) is 1.56. The molecule has 0 spiro atoms. The summed E-state index contributed by atoms with van der Waals surface area (Å²) in [6.45, 7) is -1.34. The number of hydrogen-bond acceptors (Lipinski definition) is 4. The number of rotatable bonds is 4. The van der Waals surface area contributed by atoms with Crippen LogP contribution in [0, 0.1) is 3.57 Å². The molecule has 0 fully saturated rings. The standard InChI is InChI=1S/C8H9F3IN3O/c9-8(10,11)4-16-2-1-6-14-3-5(12)7(13)15-6/h3H,1-2,4H2,(H2,13,14,15). The van der Waals surface area contributed by atoms with Crippen molar-refractivity contribution in [2.45, 2.75) is 12.6 Å². The molecule has 1 rings (SSSR count). The zero-order valence-corrected chi connectivity index (χ0v) is 10.2. The van der Waals surface area contributed by atoms with Gasteiger partial charge < -0.3 is 10.5 Å². The van der Waals surface area contributed by atoms with E-state index in [0.29, 0.717) is 15.2 Å². The Morgan fingerprint density at radius 2 is 2.12 bits per heavy atom. The van der Waals surface area contributed by atoms with E-state index in [1.165, 1.54) is 6.20 Å². The van der Waals surface area contributed by atoms with E-state index in [2.05, 4.69) is 14.7 Å². The quantitative estimate of drug-likeness (QED) is 0.666. The number of hydrogen-bond donors (Lipinski definition) is 1. The average molecular weight is 347 g/mol. The molecule has 1 aromatic rings. The molecule has 1 heterocycles. The number of anilines is 1. The number of nitrogens with zero attached hydrogens (tertiary/aromatic N) is 2. The molecular weight excluding hydrogens is 338 g/mol. The molecule has 16 heavy (non-hydrogen) atoms. The third kappa shape index (κ3) is 4.92. The minimum atomic E-state index is -4.30. The number of ether oxygens (including phenoxy) is 1. The van der Waals surface area contributed by atoms with Gasteiger partial charge >= 0.3 is 6.18 Å². The molecule has 0 bridgehead atoms. The van der Waals surface area contributed by atoms with Gasteiger partial charge in [0.25, 0.3) is 0 Å². The van der Waals surface area contributed by atoms with E-state index in [1.807, 2.05) is 22.6 Å². The molecule has 8 heteroatoms. The van der Waals surface area contributed by atoms with Gasteiger partial charge in [0.2, 0.25) is 0 Å². The maximum absolute atomic E-state index is 11.7. The van der Waals surface area contributed by atoms with Gasteiger partial charge in [0, 0.05) is 12.6 Å². The molecule has 4 nitrogen and oxygen atoms in total. The second-order valence-electron chi connectivity index (χ2n) is 2.94. The van der Waals surface area contributed by atoms with Crippen LogP contribution in [0.1, 0.15) is 5.82 Å². The Morgan fingerprint density at radius 3 is 2.69 bits per heavy atom. The number of aromatic nitrogens is 2. The third-order valence-corrected chi connectivity index (χ3v) is 2.39. The topological polar surface area (TPSA) is 61.0 Å². The molecule has 2 N–H and O–H groups in total. The largest absolute Gasteiger partial charge is 0.411 e. The van der Waals surface area contributed by atoms with Crippen molar-refractivity contribution >= 4 is 28.4 Å². The molecule has 0 atom stereocenters. The Hall–Kier alpha value is -0.640. The summed E-state index contributed by atoms with van der Waals surface area (Å²) in [5.74, 6) is 0.696. The second kappa shape index (κ2) is 5.62. The summed E-state index contributed by atoms with van der Waals surface area (Å²) in [5, 5.41) is 0. The van der Waals surface area contributed by atoms with Gasteiger partial charge in [-0.3, -0.25) is 0 Å². The molecule has 0 aliphatic rings. The number of halogens is 4. The van der Waals surface area contributed by atoms with E-state index in [9.17, 15) is 13.2 Å². The number of nitrogen functional groups attached to an aromatic ring is 1. The molecule has 0 saturated carbocycles. The van der Waals surface area contributed by atoms with Crippen molar-refractivity contribution < 1.29 is 17.9 Å². The molecule has 1 aromatic heterocycles. The Kier molecular flexibility index (Phi) is 4.71. The Bertz CT molecular complexity index is 359. The molecule has 0 aromatic carbocycles. The first kappa shape index (κ1) is 13.4. The lowest BCUT2D eigenvalue weighted by Crippen LogP contribution is -2.18. The van der Waals surface area contributed by atoms with Crippen molar-refractivity contribution in [2.24, 2.45) is 0 Å². The van der Waals surface area contributed by atoms with Crippen LogP contribution in [0.15, 0.2) is 6.20 Å². The summed E-state index contributed by atoms with van der Waals surface area (Å²) in [7, 11) is 0.